The summed E-state index contributed by atoms with van der Waals surface area (Å²) < 4.78 is 10.8. The van der Waals surface area contributed by atoms with Gasteiger partial charge in [-0.1, -0.05) is 42.5 Å². The molecule has 3 aromatic rings. The molecule has 0 saturated carbocycles. The van der Waals surface area contributed by atoms with Crippen LogP contribution in [0.3, 0.4) is 0 Å². The lowest BCUT2D eigenvalue weighted by atomic mass is 10.2. The van der Waals surface area contributed by atoms with Crippen molar-refractivity contribution in [3.05, 3.63) is 89.5 Å². The van der Waals surface area contributed by atoms with Crippen molar-refractivity contribution in [2.24, 2.45) is 5.10 Å². The summed E-state index contributed by atoms with van der Waals surface area (Å²) in [5.74, 6) is 0.458. The van der Waals surface area contributed by atoms with Gasteiger partial charge in [0.05, 0.1) is 18.9 Å². The average molecular weight is 376 g/mol. The van der Waals surface area contributed by atoms with Crippen LogP contribution in [0.2, 0.25) is 0 Å². The Labute approximate surface area is 163 Å². The normalized spacial score (nSPS) is 10.6. The Hall–Kier alpha value is -3.80. The van der Waals surface area contributed by atoms with Crippen LogP contribution in [-0.2, 0) is 6.61 Å². The van der Waals surface area contributed by atoms with Gasteiger partial charge in [-0.05, 0) is 41.5 Å². The van der Waals surface area contributed by atoms with Crippen molar-refractivity contribution in [3.63, 3.8) is 0 Å². The summed E-state index contributed by atoms with van der Waals surface area (Å²) in [6, 6.07) is 21.5. The van der Waals surface area contributed by atoms with Crippen LogP contribution in [0.4, 0.5) is 0 Å². The third-order valence-corrected chi connectivity index (χ3v) is 3.95. The van der Waals surface area contributed by atoms with E-state index in [1.165, 1.54) is 19.4 Å². The molecular formula is C22H20N2O4. The van der Waals surface area contributed by atoms with E-state index in [1.807, 2.05) is 36.4 Å². The Balaban J connectivity index is 1.66. The second-order valence-corrected chi connectivity index (χ2v) is 5.90. The third-order valence-electron chi connectivity index (χ3n) is 3.95. The zero-order valence-corrected chi connectivity index (χ0v) is 15.3. The topological polar surface area (TPSA) is 80.2 Å². The minimum atomic E-state index is -0.384. The number of carbonyl (C=O) groups is 1. The maximum absolute atomic E-state index is 12.5. The largest absolute Gasteiger partial charge is 0.504 e. The molecule has 3 rings (SSSR count). The molecule has 3 aromatic carbocycles. The number of rotatable bonds is 7. The second-order valence-electron chi connectivity index (χ2n) is 5.90. The maximum Gasteiger partial charge on any atom is 0.275 e. The first-order valence-electron chi connectivity index (χ1n) is 8.63. The number of nitrogens with one attached hydrogen (secondary N) is 1. The van der Waals surface area contributed by atoms with Crippen molar-refractivity contribution < 1.29 is 19.4 Å². The minimum Gasteiger partial charge on any atom is -0.504 e. The number of hydrogen-bond donors (Lipinski definition) is 2. The number of aromatic hydroxyl groups is 1. The lowest BCUT2D eigenvalue weighted by Crippen LogP contribution is -2.18. The molecule has 0 aromatic heterocycles. The van der Waals surface area contributed by atoms with Crippen molar-refractivity contribution in [2.75, 3.05) is 7.11 Å². The molecule has 0 saturated heterocycles. The number of phenols is 1. The van der Waals surface area contributed by atoms with Gasteiger partial charge in [0, 0.05) is 0 Å². The molecule has 0 aliphatic carbocycles. The number of carbonyl (C=O) groups excluding carboxylic acids is 1. The van der Waals surface area contributed by atoms with Crippen LogP contribution < -0.4 is 14.9 Å². The van der Waals surface area contributed by atoms with E-state index in [9.17, 15) is 9.90 Å². The minimum absolute atomic E-state index is 0.0353. The molecule has 1 amide bonds. The van der Waals surface area contributed by atoms with Crippen LogP contribution in [0.15, 0.2) is 77.9 Å². The van der Waals surface area contributed by atoms with Gasteiger partial charge in [0.1, 0.15) is 12.4 Å². The maximum atomic E-state index is 12.5. The summed E-state index contributed by atoms with van der Waals surface area (Å²) in [5.41, 5.74) is 4.55. The summed E-state index contributed by atoms with van der Waals surface area (Å²) in [4.78, 5) is 12.5. The highest BCUT2D eigenvalue weighted by molar-refractivity contribution is 5.97. The van der Waals surface area contributed by atoms with Gasteiger partial charge in [0.2, 0.25) is 0 Å². The monoisotopic (exact) mass is 376 g/mol. The first kappa shape index (κ1) is 19.0. The fourth-order valence-electron chi connectivity index (χ4n) is 2.52. The van der Waals surface area contributed by atoms with E-state index in [-0.39, 0.29) is 11.7 Å². The van der Waals surface area contributed by atoms with Crippen molar-refractivity contribution >= 4 is 12.1 Å². The van der Waals surface area contributed by atoms with Gasteiger partial charge in [-0.15, -0.1) is 0 Å². The number of hydrazone groups is 1. The van der Waals surface area contributed by atoms with Crippen LogP contribution in [0.5, 0.6) is 17.2 Å². The molecule has 2 N–H and O–H groups in total. The number of amides is 1. The van der Waals surface area contributed by atoms with Crippen LogP contribution >= 0.6 is 0 Å². The van der Waals surface area contributed by atoms with Gasteiger partial charge in [-0.2, -0.15) is 5.10 Å². The molecule has 0 spiro atoms. The summed E-state index contributed by atoms with van der Waals surface area (Å²) in [5, 5.41) is 13.6. The standard InChI is InChI=1S/C22H20N2O4/c1-27-21-13-17(11-12-19(21)25)14-23-24-22(26)18-9-5-6-10-20(18)28-15-16-7-3-2-4-8-16/h2-14,25H,15H2,1H3,(H,24,26). The number of ether oxygens (including phenoxy) is 2. The fraction of sp³-hybridized carbons (Fsp3) is 0.0909. The molecule has 0 heterocycles. The van der Waals surface area contributed by atoms with Crippen LogP contribution in [0.25, 0.3) is 0 Å². The lowest BCUT2D eigenvalue weighted by molar-refractivity contribution is 0.0950. The van der Waals surface area contributed by atoms with E-state index in [1.54, 1.807) is 30.3 Å². The number of hydrogen-bond acceptors (Lipinski definition) is 5. The Morgan fingerprint density at radius 3 is 2.57 bits per heavy atom. The van der Waals surface area contributed by atoms with E-state index < -0.39 is 0 Å². The van der Waals surface area contributed by atoms with Gasteiger partial charge < -0.3 is 14.6 Å². The SMILES string of the molecule is COc1cc(C=NNC(=O)c2ccccc2OCc2ccccc2)ccc1O. The highest BCUT2D eigenvalue weighted by atomic mass is 16.5. The predicted octanol–water partition coefficient (Wildman–Crippen LogP) is 3.74. The molecule has 0 fully saturated rings. The second kappa shape index (κ2) is 9.23. The molecule has 6 heteroatoms. The highest BCUT2D eigenvalue weighted by Crippen LogP contribution is 2.25. The Bertz CT molecular complexity index is 971. The molecule has 0 aliphatic heterocycles. The van der Waals surface area contributed by atoms with E-state index in [2.05, 4.69) is 10.5 Å². The smallest absolute Gasteiger partial charge is 0.275 e. The summed E-state index contributed by atoms with van der Waals surface area (Å²) in [6.45, 7) is 0.363. The average Bonchev–Trinajstić information content (AvgIpc) is 2.74. The number of benzene rings is 3. The number of methoxy groups -OCH3 is 1. The lowest BCUT2D eigenvalue weighted by Gasteiger charge is -2.10. The van der Waals surface area contributed by atoms with Crippen molar-refractivity contribution in [1.82, 2.24) is 5.43 Å². The molecule has 6 nitrogen and oxygen atoms in total. The molecule has 0 aliphatic rings. The molecular weight excluding hydrogens is 356 g/mol. The van der Waals surface area contributed by atoms with E-state index in [0.29, 0.717) is 29.2 Å². The summed E-state index contributed by atoms with van der Waals surface area (Å²) in [6.07, 6.45) is 1.47. The third kappa shape index (κ3) is 4.88. The first-order valence-corrected chi connectivity index (χ1v) is 8.63. The van der Waals surface area contributed by atoms with Crippen molar-refractivity contribution in [3.8, 4) is 17.2 Å². The molecule has 0 unspecified atom stereocenters. The molecule has 142 valence electrons. The zero-order valence-electron chi connectivity index (χ0n) is 15.3. The van der Waals surface area contributed by atoms with E-state index >= 15 is 0 Å². The predicted molar refractivity (Wildman–Crippen MR) is 107 cm³/mol. The Morgan fingerprint density at radius 2 is 1.79 bits per heavy atom. The van der Waals surface area contributed by atoms with Crippen molar-refractivity contribution in [2.45, 2.75) is 6.61 Å². The van der Waals surface area contributed by atoms with Gasteiger partial charge in [-0.25, -0.2) is 5.43 Å². The molecule has 0 radical (unpaired) electrons. The fourth-order valence-corrected chi connectivity index (χ4v) is 2.52. The molecule has 0 bridgehead atoms. The van der Waals surface area contributed by atoms with Gasteiger partial charge >= 0.3 is 0 Å². The van der Waals surface area contributed by atoms with Gasteiger partial charge in [0.15, 0.2) is 11.5 Å². The van der Waals surface area contributed by atoms with Gasteiger partial charge in [-0.3, -0.25) is 4.79 Å². The summed E-state index contributed by atoms with van der Waals surface area (Å²) in [7, 11) is 1.46. The van der Waals surface area contributed by atoms with E-state index in [4.69, 9.17) is 9.47 Å². The molecule has 28 heavy (non-hydrogen) atoms. The number of nitrogens with zero attached hydrogens (tertiary/aromatic N) is 1. The van der Waals surface area contributed by atoms with Crippen molar-refractivity contribution in [1.29, 1.82) is 0 Å². The number of phenolic OH excluding ortho intramolecular Hbond substituents is 1. The van der Waals surface area contributed by atoms with Crippen LogP contribution in [0, 0.1) is 0 Å². The Morgan fingerprint density at radius 1 is 1.04 bits per heavy atom. The highest BCUT2D eigenvalue weighted by Gasteiger charge is 2.11. The quantitative estimate of drug-likeness (QED) is 0.486. The Kier molecular flexibility index (Phi) is 6.25. The van der Waals surface area contributed by atoms with Crippen LogP contribution in [0.1, 0.15) is 21.5 Å². The summed E-state index contributed by atoms with van der Waals surface area (Å²) >= 11 is 0. The van der Waals surface area contributed by atoms with E-state index in [0.717, 1.165) is 5.56 Å². The number of para-hydroxylation sites is 1. The van der Waals surface area contributed by atoms with Gasteiger partial charge in [0.25, 0.3) is 5.91 Å². The zero-order chi connectivity index (χ0) is 19.8. The molecule has 0 atom stereocenters. The first-order chi connectivity index (χ1) is 13.7. The van der Waals surface area contributed by atoms with Crippen LogP contribution in [-0.4, -0.2) is 24.3 Å².